The second-order valence-corrected chi connectivity index (χ2v) is 13.4. The van der Waals surface area contributed by atoms with E-state index in [2.05, 4.69) is 20.6 Å². The predicted molar refractivity (Wildman–Crippen MR) is 151 cm³/mol. The predicted octanol–water partition coefficient (Wildman–Crippen LogP) is 3.44. The number of rotatable bonds is 9. The van der Waals surface area contributed by atoms with Gasteiger partial charge < -0.3 is 20.5 Å². The van der Waals surface area contributed by atoms with Crippen molar-refractivity contribution in [2.45, 2.75) is 55.4 Å². The molecule has 2 unspecified atom stereocenters. The Labute approximate surface area is 237 Å². The minimum Gasteiger partial charge on any atom is -0.481 e. The number of carbonyl (C=O) groups excluding carboxylic acids is 1. The first-order chi connectivity index (χ1) is 19.1. The van der Waals surface area contributed by atoms with Gasteiger partial charge in [0.25, 0.3) is 0 Å². The van der Waals surface area contributed by atoms with Crippen LogP contribution in [0.3, 0.4) is 0 Å². The number of fused-ring (bicyclic) bond motifs is 1. The fourth-order valence-electron chi connectivity index (χ4n) is 5.55. The van der Waals surface area contributed by atoms with Crippen molar-refractivity contribution in [3.63, 3.8) is 0 Å². The van der Waals surface area contributed by atoms with Crippen LogP contribution >= 0.6 is 11.3 Å². The van der Waals surface area contributed by atoms with Gasteiger partial charge in [0.15, 0.2) is 5.13 Å². The van der Waals surface area contributed by atoms with E-state index in [-0.39, 0.29) is 23.9 Å². The lowest BCUT2D eigenvalue weighted by molar-refractivity contribution is -0.148. The Morgan fingerprint density at radius 3 is 2.60 bits per heavy atom. The number of aromatic nitrogens is 2. The van der Waals surface area contributed by atoms with Gasteiger partial charge in [0.2, 0.25) is 21.8 Å². The number of hydrogen-bond acceptors (Lipinski definition) is 9. The lowest BCUT2D eigenvalue weighted by Gasteiger charge is -2.40. The normalized spacial score (nSPS) is 21.4. The van der Waals surface area contributed by atoms with Crippen LogP contribution in [0.5, 0.6) is 5.88 Å². The molecule has 1 aromatic carbocycles. The van der Waals surface area contributed by atoms with Crippen LogP contribution in [0.2, 0.25) is 0 Å². The van der Waals surface area contributed by atoms with Crippen molar-refractivity contribution in [1.82, 2.24) is 19.6 Å². The summed E-state index contributed by atoms with van der Waals surface area (Å²) < 4.78 is 33.2. The maximum atomic E-state index is 13.6. The SMILES string of the molecule is COc1ccc2nc(NC(=O)C(CC3CCCC3)c3ccc(S(=O)(=O)N4CCNCC4(C)C(=O)O)cc3)sc2n1. The van der Waals surface area contributed by atoms with Gasteiger partial charge in [0, 0.05) is 25.7 Å². The first-order valence-electron chi connectivity index (χ1n) is 13.3. The lowest BCUT2D eigenvalue weighted by Crippen LogP contribution is -2.65. The number of anilines is 1. The van der Waals surface area contributed by atoms with Gasteiger partial charge in [-0.15, -0.1) is 0 Å². The Bertz CT molecular complexity index is 1500. The molecular weight excluding hydrogens is 554 g/mol. The van der Waals surface area contributed by atoms with Gasteiger partial charge in [-0.2, -0.15) is 4.31 Å². The highest BCUT2D eigenvalue weighted by Crippen LogP contribution is 2.36. The van der Waals surface area contributed by atoms with Crippen molar-refractivity contribution in [3.8, 4) is 5.88 Å². The topological polar surface area (TPSA) is 151 Å². The average Bonchev–Trinajstić information content (AvgIpc) is 3.60. The Morgan fingerprint density at radius 2 is 1.93 bits per heavy atom. The molecule has 2 atom stereocenters. The fourth-order valence-corrected chi connectivity index (χ4v) is 8.12. The van der Waals surface area contributed by atoms with Crippen molar-refractivity contribution in [1.29, 1.82) is 0 Å². The first-order valence-corrected chi connectivity index (χ1v) is 15.6. The zero-order valence-electron chi connectivity index (χ0n) is 22.4. The third kappa shape index (κ3) is 5.55. The zero-order valence-corrected chi connectivity index (χ0v) is 24.1. The molecule has 2 aliphatic rings. The number of carboxylic acid groups (broad SMARTS) is 1. The van der Waals surface area contributed by atoms with E-state index in [1.54, 1.807) is 24.3 Å². The monoisotopic (exact) mass is 587 g/mol. The van der Waals surface area contributed by atoms with Crippen LogP contribution < -0.4 is 15.4 Å². The van der Waals surface area contributed by atoms with Gasteiger partial charge in [0.1, 0.15) is 15.9 Å². The molecular formula is C27H33N5O6S2. The second kappa shape index (κ2) is 11.4. The van der Waals surface area contributed by atoms with E-state index in [0.717, 1.165) is 30.0 Å². The van der Waals surface area contributed by atoms with Crippen LogP contribution in [0.1, 0.15) is 50.5 Å². The number of thiazole rings is 1. The molecule has 1 amide bonds. The molecule has 0 bridgehead atoms. The number of methoxy groups -OCH3 is 1. The summed E-state index contributed by atoms with van der Waals surface area (Å²) in [5.41, 5.74) is -0.244. The summed E-state index contributed by atoms with van der Waals surface area (Å²) in [7, 11) is -2.54. The quantitative estimate of drug-likeness (QED) is 0.342. The summed E-state index contributed by atoms with van der Waals surface area (Å²) in [6.45, 7) is 1.82. The Morgan fingerprint density at radius 1 is 1.20 bits per heavy atom. The minimum atomic E-state index is -4.08. The summed E-state index contributed by atoms with van der Waals surface area (Å²) >= 11 is 1.26. The van der Waals surface area contributed by atoms with Crippen molar-refractivity contribution in [2.75, 3.05) is 32.1 Å². The largest absolute Gasteiger partial charge is 0.481 e. The van der Waals surface area contributed by atoms with Crippen molar-refractivity contribution < 1.29 is 27.9 Å². The number of nitrogens with one attached hydrogen (secondary N) is 2. The van der Waals surface area contributed by atoms with Crippen LogP contribution in [-0.4, -0.2) is 72.0 Å². The highest BCUT2D eigenvalue weighted by atomic mass is 32.2. The second-order valence-electron chi connectivity index (χ2n) is 10.5. The van der Waals surface area contributed by atoms with E-state index in [9.17, 15) is 23.1 Å². The Kier molecular flexibility index (Phi) is 8.09. The molecule has 1 saturated heterocycles. The van der Waals surface area contributed by atoms with Crippen molar-refractivity contribution in [2.24, 2.45) is 5.92 Å². The van der Waals surface area contributed by atoms with Crippen LogP contribution in [0.25, 0.3) is 10.3 Å². The molecule has 0 radical (unpaired) electrons. The van der Waals surface area contributed by atoms with Gasteiger partial charge in [-0.05, 0) is 43.0 Å². The first kappa shape index (κ1) is 28.4. The number of sulfonamides is 1. The molecule has 1 saturated carbocycles. The van der Waals surface area contributed by atoms with E-state index >= 15 is 0 Å². The molecule has 0 spiro atoms. The molecule has 1 aliphatic heterocycles. The maximum absolute atomic E-state index is 13.6. The van der Waals surface area contributed by atoms with Gasteiger partial charge in [0.05, 0.1) is 17.9 Å². The summed E-state index contributed by atoms with van der Waals surface area (Å²) in [6.07, 6.45) is 5.02. The Balaban J connectivity index is 1.40. The standard InChI is InChI=1S/C27H33N5O6S2/c1-27(25(34)35)16-28-13-14-32(27)40(36,37)19-9-7-18(8-10-19)20(15-17-5-3-4-6-17)23(33)31-26-29-21-11-12-22(38-2)30-24(21)39-26/h7-12,17,20,28H,3-6,13-16H2,1-2H3,(H,34,35)(H,29,31,33). The molecule has 1 aliphatic carbocycles. The number of hydrogen-bond donors (Lipinski definition) is 3. The summed E-state index contributed by atoms with van der Waals surface area (Å²) in [5, 5.41) is 16.1. The number of nitrogens with zero attached hydrogens (tertiary/aromatic N) is 3. The number of amides is 1. The zero-order chi connectivity index (χ0) is 28.5. The minimum absolute atomic E-state index is 0.00292. The summed E-state index contributed by atoms with van der Waals surface area (Å²) in [5.74, 6) is -1.06. The third-order valence-electron chi connectivity index (χ3n) is 7.87. The molecule has 2 fully saturated rings. The number of benzene rings is 1. The fraction of sp³-hybridized carbons (Fsp3) is 0.481. The Hall–Kier alpha value is -3.13. The van der Waals surface area contributed by atoms with Crippen molar-refractivity contribution in [3.05, 3.63) is 42.0 Å². The van der Waals surface area contributed by atoms with Crippen molar-refractivity contribution >= 4 is 48.7 Å². The molecule has 5 rings (SSSR count). The average molecular weight is 588 g/mol. The number of aliphatic carboxylic acids is 1. The van der Waals surface area contributed by atoms with Gasteiger partial charge in [-0.1, -0.05) is 49.2 Å². The molecule has 3 N–H and O–H groups in total. The number of piperazine rings is 1. The number of pyridine rings is 1. The molecule has 3 aromatic rings. The molecule has 40 heavy (non-hydrogen) atoms. The van der Waals surface area contributed by atoms with Crippen LogP contribution in [0.15, 0.2) is 41.3 Å². The van der Waals surface area contributed by atoms with E-state index in [1.165, 1.54) is 37.5 Å². The number of carbonyl (C=O) groups is 2. The summed E-state index contributed by atoms with van der Waals surface area (Å²) in [4.78, 5) is 35.1. The van der Waals surface area contributed by atoms with E-state index in [4.69, 9.17) is 4.74 Å². The molecule has 2 aromatic heterocycles. The number of carboxylic acids is 1. The molecule has 11 nitrogen and oxygen atoms in total. The number of ether oxygens (including phenoxy) is 1. The molecule has 3 heterocycles. The third-order valence-corrected chi connectivity index (χ3v) is 10.8. The van der Waals surface area contributed by atoms with E-state index in [1.807, 2.05) is 0 Å². The van der Waals surface area contributed by atoms with Crippen LogP contribution in [0, 0.1) is 5.92 Å². The lowest BCUT2D eigenvalue weighted by atomic mass is 9.87. The molecule has 13 heteroatoms. The van der Waals surface area contributed by atoms with Crippen LogP contribution in [-0.2, 0) is 19.6 Å². The summed E-state index contributed by atoms with van der Waals surface area (Å²) in [6, 6.07) is 9.77. The van der Waals surface area contributed by atoms with Gasteiger partial charge >= 0.3 is 5.97 Å². The van der Waals surface area contributed by atoms with Gasteiger partial charge in [-0.3, -0.25) is 9.59 Å². The molecule has 214 valence electrons. The van der Waals surface area contributed by atoms with Gasteiger partial charge in [-0.25, -0.2) is 18.4 Å². The van der Waals surface area contributed by atoms with E-state index < -0.39 is 27.4 Å². The highest BCUT2D eigenvalue weighted by Gasteiger charge is 2.48. The smallest absolute Gasteiger partial charge is 0.326 e. The maximum Gasteiger partial charge on any atom is 0.326 e. The highest BCUT2D eigenvalue weighted by molar-refractivity contribution is 7.89. The van der Waals surface area contributed by atoms with E-state index in [0.29, 0.717) is 45.8 Å². The van der Waals surface area contributed by atoms with Crippen LogP contribution in [0.4, 0.5) is 5.13 Å².